The van der Waals surface area contributed by atoms with E-state index in [1.54, 1.807) is 12.1 Å². The highest BCUT2D eigenvalue weighted by Crippen LogP contribution is 2.25. The van der Waals surface area contributed by atoms with Crippen molar-refractivity contribution in [3.8, 4) is 11.4 Å². The van der Waals surface area contributed by atoms with Crippen LogP contribution < -0.4 is 5.84 Å². The Balaban J connectivity index is 1.64. The van der Waals surface area contributed by atoms with Gasteiger partial charge in [-0.2, -0.15) is 0 Å². The fraction of sp³-hybridized carbons (Fsp3) is 0.471. The lowest BCUT2D eigenvalue weighted by molar-refractivity contribution is -0.130. The van der Waals surface area contributed by atoms with E-state index >= 15 is 0 Å². The number of hydrogen-bond acceptors (Lipinski definition) is 5. The number of carbonyl (C=O) groups excluding carboxylic acids is 1. The third-order valence-corrected chi connectivity index (χ3v) is 5.49. The quantitative estimate of drug-likeness (QED) is 0.652. The second-order valence-electron chi connectivity index (χ2n) is 6.72. The molecule has 2 aromatic rings. The summed E-state index contributed by atoms with van der Waals surface area (Å²) in [6.45, 7) is 6.04. The average molecular weight is 380 g/mol. The second kappa shape index (κ2) is 7.66. The number of piperidine rings is 1. The highest BCUT2D eigenvalue weighted by molar-refractivity contribution is 7.99. The van der Waals surface area contributed by atoms with Crippen molar-refractivity contribution < 1.29 is 4.79 Å². The van der Waals surface area contributed by atoms with Gasteiger partial charge in [-0.25, -0.2) is 4.68 Å². The van der Waals surface area contributed by atoms with Gasteiger partial charge in [0, 0.05) is 23.7 Å². The maximum absolute atomic E-state index is 12.5. The van der Waals surface area contributed by atoms with Gasteiger partial charge in [0.2, 0.25) is 11.1 Å². The van der Waals surface area contributed by atoms with Crippen LogP contribution >= 0.6 is 23.4 Å². The maximum atomic E-state index is 12.5. The molecule has 25 heavy (non-hydrogen) atoms. The number of nitrogens with zero attached hydrogens (tertiary/aromatic N) is 4. The molecule has 6 nitrogen and oxygen atoms in total. The lowest BCUT2D eigenvalue weighted by Gasteiger charge is -2.34. The van der Waals surface area contributed by atoms with Gasteiger partial charge in [-0.1, -0.05) is 37.2 Å². The van der Waals surface area contributed by atoms with Crippen molar-refractivity contribution >= 4 is 29.3 Å². The molecule has 0 unspecified atom stereocenters. The molecular weight excluding hydrogens is 358 g/mol. The largest absolute Gasteiger partial charge is 0.341 e. The summed E-state index contributed by atoms with van der Waals surface area (Å²) in [4.78, 5) is 14.4. The first-order chi connectivity index (χ1) is 11.9. The van der Waals surface area contributed by atoms with Gasteiger partial charge >= 0.3 is 0 Å². The van der Waals surface area contributed by atoms with Crippen LogP contribution in [0, 0.1) is 11.8 Å². The summed E-state index contributed by atoms with van der Waals surface area (Å²) >= 11 is 7.22. The summed E-state index contributed by atoms with van der Waals surface area (Å²) in [6.07, 6.45) is 1.18. The topological polar surface area (TPSA) is 77.0 Å². The molecule has 3 rings (SSSR count). The van der Waals surface area contributed by atoms with Gasteiger partial charge in [-0.3, -0.25) is 4.79 Å². The molecular formula is C17H22ClN5OS. The molecule has 1 fully saturated rings. The van der Waals surface area contributed by atoms with Crippen LogP contribution in [0.4, 0.5) is 0 Å². The first-order valence-corrected chi connectivity index (χ1v) is 9.67. The standard InChI is InChI=1S/C17H22ClN5OS/c1-11-7-12(2)9-22(8-11)15(24)10-25-17-21-20-16(23(17)19)13-3-5-14(18)6-4-13/h3-6,11-12H,7-10,19H2,1-2H3/t11-,12-/m0/s1. The van der Waals surface area contributed by atoms with Crippen molar-refractivity contribution in [2.75, 3.05) is 24.7 Å². The number of carbonyl (C=O) groups is 1. The van der Waals surface area contributed by atoms with Crippen LogP contribution in [0.15, 0.2) is 29.4 Å². The lowest BCUT2D eigenvalue weighted by Crippen LogP contribution is -2.43. The molecule has 0 spiro atoms. The molecule has 0 saturated carbocycles. The third kappa shape index (κ3) is 4.27. The fourth-order valence-electron chi connectivity index (χ4n) is 3.26. The highest BCUT2D eigenvalue weighted by Gasteiger charge is 2.25. The van der Waals surface area contributed by atoms with Gasteiger partial charge in [0.1, 0.15) is 0 Å². The van der Waals surface area contributed by atoms with Gasteiger partial charge in [0.15, 0.2) is 5.82 Å². The van der Waals surface area contributed by atoms with Crippen molar-refractivity contribution in [2.45, 2.75) is 25.4 Å². The van der Waals surface area contributed by atoms with E-state index in [2.05, 4.69) is 24.0 Å². The Hall–Kier alpha value is -1.73. The Morgan fingerprint density at radius 2 is 1.88 bits per heavy atom. The summed E-state index contributed by atoms with van der Waals surface area (Å²) in [6, 6.07) is 7.23. The number of benzene rings is 1. The number of hydrogen-bond donors (Lipinski definition) is 1. The number of likely N-dealkylation sites (tertiary alicyclic amines) is 1. The van der Waals surface area contributed by atoms with Crippen LogP contribution in [0.5, 0.6) is 0 Å². The van der Waals surface area contributed by atoms with E-state index in [-0.39, 0.29) is 5.91 Å². The Morgan fingerprint density at radius 3 is 2.52 bits per heavy atom. The van der Waals surface area contributed by atoms with E-state index in [0.29, 0.717) is 33.6 Å². The Morgan fingerprint density at radius 1 is 1.24 bits per heavy atom. The van der Waals surface area contributed by atoms with E-state index in [1.807, 2.05) is 17.0 Å². The minimum atomic E-state index is 0.124. The molecule has 8 heteroatoms. The molecule has 2 atom stereocenters. The van der Waals surface area contributed by atoms with Crippen LogP contribution in [0.25, 0.3) is 11.4 Å². The number of aromatic nitrogens is 3. The number of halogens is 1. The van der Waals surface area contributed by atoms with Crippen LogP contribution in [0.1, 0.15) is 20.3 Å². The molecule has 1 aromatic carbocycles. The molecule has 1 amide bonds. The molecule has 0 aliphatic carbocycles. The van der Waals surface area contributed by atoms with Crippen molar-refractivity contribution in [1.82, 2.24) is 19.8 Å². The predicted molar refractivity (Wildman–Crippen MR) is 101 cm³/mol. The summed E-state index contributed by atoms with van der Waals surface area (Å²) in [7, 11) is 0. The predicted octanol–water partition coefficient (Wildman–Crippen LogP) is 2.91. The van der Waals surface area contributed by atoms with E-state index < -0.39 is 0 Å². The minimum absolute atomic E-state index is 0.124. The molecule has 2 N–H and O–H groups in total. The Bertz CT molecular complexity index is 738. The SMILES string of the molecule is C[C@H]1C[C@H](C)CN(C(=O)CSc2nnc(-c3ccc(Cl)cc3)n2N)C1. The van der Waals surface area contributed by atoms with Crippen LogP contribution in [0.3, 0.4) is 0 Å². The molecule has 1 saturated heterocycles. The second-order valence-corrected chi connectivity index (χ2v) is 8.10. The van der Waals surface area contributed by atoms with Gasteiger partial charge in [0.25, 0.3) is 0 Å². The molecule has 1 aromatic heterocycles. The monoisotopic (exact) mass is 379 g/mol. The van der Waals surface area contributed by atoms with Gasteiger partial charge < -0.3 is 10.7 Å². The number of rotatable bonds is 4. The Kier molecular flexibility index (Phi) is 5.54. The molecule has 2 heterocycles. The van der Waals surface area contributed by atoms with E-state index in [9.17, 15) is 4.79 Å². The van der Waals surface area contributed by atoms with Gasteiger partial charge in [0.05, 0.1) is 5.75 Å². The van der Waals surface area contributed by atoms with Crippen molar-refractivity contribution in [1.29, 1.82) is 0 Å². The number of thioether (sulfide) groups is 1. The van der Waals surface area contributed by atoms with E-state index in [0.717, 1.165) is 18.7 Å². The summed E-state index contributed by atoms with van der Waals surface area (Å²) < 4.78 is 1.42. The van der Waals surface area contributed by atoms with E-state index in [1.165, 1.54) is 22.9 Å². The molecule has 0 bridgehead atoms. The van der Waals surface area contributed by atoms with Crippen molar-refractivity contribution in [3.63, 3.8) is 0 Å². The molecule has 134 valence electrons. The number of amides is 1. The Labute approximate surface area is 156 Å². The molecule has 1 aliphatic rings. The molecule has 0 radical (unpaired) electrons. The van der Waals surface area contributed by atoms with Crippen LogP contribution in [-0.4, -0.2) is 44.5 Å². The fourth-order valence-corrected chi connectivity index (χ4v) is 4.14. The minimum Gasteiger partial charge on any atom is -0.341 e. The van der Waals surface area contributed by atoms with Crippen molar-refractivity contribution in [2.24, 2.45) is 11.8 Å². The third-order valence-electron chi connectivity index (χ3n) is 4.31. The first-order valence-electron chi connectivity index (χ1n) is 8.31. The van der Waals surface area contributed by atoms with Gasteiger partial charge in [-0.05, 0) is 42.5 Å². The smallest absolute Gasteiger partial charge is 0.233 e. The number of nitrogen functional groups attached to an aromatic ring is 1. The maximum Gasteiger partial charge on any atom is 0.233 e. The van der Waals surface area contributed by atoms with Crippen molar-refractivity contribution in [3.05, 3.63) is 29.3 Å². The number of nitrogens with two attached hydrogens (primary N) is 1. The summed E-state index contributed by atoms with van der Waals surface area (Å²) in [5.74, 6) is 8.18. The van der Waals surface area contributed by atoms with Gasteiger partial charge in [-0.15, -0.1) is 10.2 Å². The zero-order valence-corrected chi connectivity index (χ0v) is 15.9. The summed E-state index contributed by atoms with van der Waals surface area (Å²) in [5, 5.41) is 9.41. The average Bonchev–Trinajstić information content (AvgIpc) is 2.93. The zero-order chi connectivity index (χ0) is 18.0. The highest BCUT2D eigenvalue weighted by atomic mass is 35.5. The zero-order valence-electron chi connectivity index (χ0n) is 14.4. The van der Waals surface area contributed by atoms with Crippen LogP contribution in [-0.2, 0) is 4.79 Å². The molecule has 1 aliphatic heterocycles. The van der Waals surface area contributed by atoms with E-state index in [4.69, 9.17) is 17.4 Å². The normalized spacial score (nSPS) is 20.7. The van der Waals surface area contributed by atoms with Crippen LogP contribution in [0.2, 0.25) is 5.02 Å². The first kappa shape index (κ1) is 18.1. The summed E-state index contributed by atoms with van der Waals surface area (Å²) in [5.41, 5.74) is 0.830. The lowest BCUT2D eigenvalue weighted by atomic mass is 9.92.